The molecular formula is C26H34N6O4S. The second kappa shape index (κ2) is 9.62. The first-order valence-electron chi connectivity index (χ1n) is 12.3. The largest absolute Gasteiger partial charge is 0.475 e. The number of nitrogens with one attached hydrogen (secondary N) is 1. The van der Waals surface area contributed by atoms with E-state index in [4.69, 9.17) is 15.5 Å². The second-order valence-electron chi connectivity index (χ2n) is 9.98. The predicted molar refractivity (Wildman–Crippen MR) is 144 cm³/mol. The summed E-state index contributed by atoms with van der Waals surface area (Å²) in [5, 5.41) is -0.323. The van der Waals surface area contributed by atoms with Gasteiger partial charge in [-0.1, -0.05) is 6.07 Å². The number of aromatic nitrogens is 3. The Morgan fingerprint density at radius 1 is 1.14 bits per heavy atom. The summed E-state index contributed by atoms with van der Waals surface area (Å²) < 4.78 is 33.5. The molecule has 1 saturated carbocycles. The second-order valence-corrected chi connectivity index (χ2v) is 11.6. The zero-order valence-electron chi connectivity index (χ0n) is 20.8. The van der Waals surface area contributed by atoms with Gasteiger partial charge in [0.15, 0.2) is 5.03 Å². The molecule has 10 nitrogen and oxygen atoms in total. The van der Waals surface area contributed by atoms with E-state index in [0.29, 0.717) is 17.4 Å². The Bertz CT molecular complexity index is 1430. The number of anilines is 2. The van der Waals surface area contributed by atoms with Gasteiger partial charge in [-0.15, -0.1) is 0 Å². The minimum absolute atomic E-state index is 0. The third kappa shape index (κ3) is 5.51. The summed E-state index contributed by atoms with van der Waals surface area (Å²) in [7, 11) is -4.23. The van der Waals surface area contributed by atoms with Crippen LogP contribution < -0.4 is 20.1 Å². The van der Waals surface area contributed by atoms with Gasteiger partial charge >= 0.3 is 0 Å². The Balaban J connectivity index is 0.00000210. The first-order chi connectivity index (χ1) is 17.6. The van der Waals surface area contributed by atoms with Gasteiger partial charge in [0, 0.05) is 33.8 Å². The van der Waals surface area contributed by atoms with E-state index in [0.717, 1.165) is 44.3 Å². The Hall–Kier alpha value is -3.73. The molecule has 3 aromatic rings. The van der Waals surface area contributed by atoms with Crippen LogP contribution in [0.1, 0.15) is 52.7 Å². The lowest BCUT2D eigenvalue weighted by molar-refractivity contribution is 0.0981. The number of hydrogen-bond donors (Lipinski definition) is 2. The maximum atomic E-state index is 13.3. The molecular weight excluding hydrogens is 492 g/mol. The van der Waals surface area contributed by atoms with E-state index in [1.807, 2.05) is 19.9 Å². The molecule has 37 heavy (non-hydrogen) atoms. The molecule has 2 fully saturated rings. The summed E-state index contributed by atoms with van der Waals surface area (Å²) >= 11 is 0. The van der Waals surface area contributed by atoms with E-state index in [9.17, 15) is 13.2 Å². The zero-order valence-corrected chi connectivity index (χ0v) is 21.7. The van der Waals surface area contributed by atoms with Gasteiger partial charge in [-0.05, 0) is 75.3 Å². The summed E-state index contributed by atoms with van der Waals surface area (Å²) in [6.45, 7) is 5.39. The van der Waals surface area contributed by atoms with E-state index in [2.05, 4.69) is 19.6 Å². The van der Waals surface area contributed by atoms with E-state index in [-0.39, 0.29) is 30.8 Å². The van der Waals surface area contributed by atoms with E-state index in [1.165, 1.54) is 18.2 Å². The number of rotatable bonds is 7. The van der Waals surface area contributed by atoms with Gasteiger partial charge in [-0.2, -0.15) is 8.42 Å². The van der Waals surface area contributed by atoms with E-state index in [1.54, 1.807) is 24.4 Å². The summed E-state index contributed by atoms with van der Waals surface area (Å²) in [6.07, 6.45) is 6.14. The maximum absolute atomic E-state index is 13.3. The first kappa shape index (κ1) is 24.9. The normalized spacial score (nSPS) is 16.6. The monoisotopic (exact) mass is 526 g/mol. The van der Waals surface area contributed by atoms with Crippen LogP contribution in [0.4, 0.5) is 11.6 Å². The molecule has 4 heterocycles. The number of sulfonamides is 1. The fourth-order valence-electron chi connectivity index (χ4n) is 4.65. The number of carbonyl (C=O) groups is 1. The minimum atomic E-state index is -4.23. The third-order valence-electron chi connectivity index (χ3n) is 6.67. The smallest absolute Gasteiger partial charge is 0.281 e. The number of ether oxygens (including phenoxy) is 1. The van der Waals surface area contributed by atoms with Crippen molar-refractivity contribution < 1.29 is 20.8 Å². The fourth-order valence-corrected chi connectivity index (χ4v) is 5.60. The van der Waals surface area contributed by atoms with Crippen LogP contribution in [0.5, 0.6) is 5.88 Å². The lowest BCUT2D eigenvalue weighted by Gasteiger charge is -2.35. The third-order valence-corrected chi connectivity index (χ3v) is 7.91. The molecule has 5 rings (SSSR count). The quantitative estimate of drug-likeness (QED) is 0.469. The lowest BCUT2D eigenvalue weighted by Crippen LogP contribution is -2.39. The SMILES string of the molecule is CC(C)Oc1ccc(-c2ccc(C(=O)NS(=O)(=O)c3cccc(N)n3)c(N3CCCC4(CC4)C3)n2)cn1.[HH].[HH]. The van der Waals surface area contributed by atoms with Gasteiger partial charge in [-0.3, -0.25) is 4.79 Å². The van der Waals surface area contributed by atoms with Crippen molar-refractivity contribution in [2.45, 2.75) is 50.7 Å². The molecule has 0 unspecified atom stereocenters. The summed E-state index contributed by atoms with van der Waals surface area (Å²) in [5.41, 5.74) is 7.48. The number of amides is 1. The van der Waals surface area contributed by atoms with Crippen LogP contribution >= 0.6 is 0 Å². The van der Waals surface area contributed by atoms with Crippen molar-refractivity contribution in [3.63, 3.8) is 0 Å². The summed E-state index contributed by atoms with van der Waals surface area (Å²) in [4.78, 5) is 28.5. The van der Waals surface area contributed by atoms with Crippen molar-refractivity contribution in [2.75, 3.05) is 23.7 Å². The highest BCUT2D eigenvalue weighted by Gasteiger charge is 2.46. The van der Waals surface area contributed by atoms with Crippen molar-refractivity contribution in [1.82, 2.24) is 19.7 Å². The Morgan fingerprint density at radius 2 is 1.95 bits per heavy atom. The van der Waals surface area contributed by atoms with Gasteiger partial charge < -0.3 is 15.4 Å². The number of hydrogen-bond acceptors (Lipinski definition) is 9. The van der Waals surface area contributed by atoms with Crippen LogP contribution in [-0.2, 0) is 10.0 Å². The number of nitrogen functional groups attached to an aromatic ring is 1. The van der Waals surface area contributed by atoms with Crippen LogP contribution in [0.15, 0.2) is 53.7 Å². The fraction of sp³-hybridized carbons (Fsp3) is 0.385. The Labute approximate surface area is 219 Å². The molecule has 0 aromatic carbocycles. The van der Waals surface area contributed by atoms with Crippen molar-refractivity contribution in [3.05, 3.63) is 54.2 Å². The van der Waals surface area contributed by atoms with Gasteiger partial charge in [0.25, 0.3) is 15.9 Å². The summed E-state index contributed by atoms with van der Waals surface area (Å²) in [6, 6.07) is 11.2. The highest BCUT2D eigenvalue weighted by Crippen LogP contribution is 2.52. The molecule has 1 spiro atoms. The van der Waals surface area contributed by atoms with Crippen molar-refractivity contribution in [2.24, 2.45) is 5.41 Å². The molecule has 3 aromatic heterocycles. The highest BCUT2D eigenvalue weighted by atomic mass is 32.2. The van der Waals surface area contributed by atoms with E-state index < -0.39 is 15.9 Å². The van der Waals surface area contributed by atoms with Crippen molar-refractivity contribution in [3.8, 4) is 17.1 Å². The molecule has 3 N–H and O–H groups in total. The molecule has 1 aliphatic carbocycles. The topological polar surface area (TPSA) is 140 Å². The molecule has 198 valence electrons. The van der Waals surface area contributed by atoms with Gasteiger partial charge in [-0.25, -0.2) is 19.7 Å². The standard InChI is InChI=1S/C26H30N6O4S.2H2/c1-17(2)36-22-10-7-18(15-28-22)20-9-8-19(24(29-20)32-14-4-11-26(16-32)12-13-26)25(33)31-37(34,35)23-6-3-5-21(27)30-23;;/h3,5-10,15,17H,4,11-14,16H2,1-2H3,(H2,27,30)(H,31,33);2*1H. The Kier molecular flexibility index (Phi) is 6.49. The summed E-state index contributed by atoms with van der Waals surface area (Å²) in [5.74, 6) is 0.247. The molecule has 1 saturated heterocycles. The highest BCUT2D eigenvalue weighted by molar-refractivity contribution is 7.90. The number of carbonyl (C=O) groups excluding carboxylic acids is 1. The van der Waals surface area contributed by atoms with E-state index >= 15 is 0 Å². The van der Waals surface area contributed by atoms with Crippen molar-refractivity contribution in [1.29, 1.82) is 0 Å². The molecule has 1 amide bonds. The van der Waals surface area contributed by atoms with Crippen LogP contribution in [0, 0.1) is 5.41 Å². The Morgan fingerprint density at radius 3 is 2.62 bits per heavy atom. The van der Waals surface area contributed by atoms with Crippen molar-refractivity contribution >= 4 is 27.6 Å². The van der Waals surface area contributed by atoms with Gasteiger partial charge in [0.1, 0.15) is 11.6 Å². The number of nitrogens with two attached hydrogens (primary N) is 1. The lowest BCUT2D eigenvalue weighted by atomic mass is 9.94. The molecule has 0 atom stereocenters. The average Bonchev–Trinajstić information content (AvgIpc) is 3.61. The van der Waals surface area contributed by atoms with Crippen LogP contribution in [0.2, 0.25) is 0 Å². The first-order valence-corrected chi connectivity index (χ1v) is 13.8. The minimum Gasteiger partial charge on any atom is -0.475 e. The van der Waals surface area contributed by atoms with Crippen LogP contribution in [0.3, 0.4) is 0 Å². The van der Waals surface area contributed by atoms with Gasteiger partial charge in [0.2, 0.25) is 5.88 Å². The molecule has 0 radical (unpaired) electrons. The molecule has 1 aliphatic heterocycles. The average molecular weight is 527 g/mol. The zero-order chi connectivity index (χ0) is 26.2. The number of nitrogens with zero attached hydrogens (tertiary/aromatic N) is 4. The molecule has 0 bridgehead atoms. The predicted octanol–water partition coefficient (Wildman–Crippen LogP) is 3.90. The number of pyridine rings is 3. The van der Waals surface area contributed by atoms with Gasteiger partial charge in [0.05, 0.1) is 17.4 Å². The number of piperidine rings is 1. The van der Waals surface area contributed by atoms with Crippen LogP contribution in [-0.4, -0.2) is 48.5 Å². The molecule has 2 aliphatic rings. The maximum Gasteiger partial charge on any atom is 0.281 e. The van der Waals surface area contributed by atoms with Crippen LogP contribution in [0.25, 0.3) is 11.3 Å². The molecule has 11 heteroatoms.